The lowest BCUT2D eigenvalue weighted by Crippen LogP contribution is -2.12. The van der Waals surface area contributed by atoms with Crippen molar-refractivity contribution in [1.82, 2.24) is 0 Å². The fourth-order valence-corrected chi connectivity index (χ4v) is 1.69. The molecule has 0 aromatic carbocycles. The molecule has 11 heavy (non-hydrogen) atoms. The summed E-state index contributed by atoms with van der Waals surface area (Å²) in [4.78, 5) is 31.9. The van der Waals surface area contributed by atoms with Crippen LogP contribution < -0.4 is 0 Å². The van der Waals surface area contributed by atoms with Gasteiger partial charge < -0.3 is 4.74 Å². The first-order valence-corrected chi connectivity index (χ1v) is 3.45. The van der Waals surface area contributed by atoms with Crippen molar-refractivity contribution in [1.29, 1.82) is 0 Å². The Hall–Kier alpha value is -0.900. The highest BCUT2D eigenvalue weighted by atomic mass is 35.5. The second-order valence-corrected chi connectivity index (χ2v) is 2.99. The van der Waals surface area contributed by atoms with Crippen LogP contribution in [0.25, 0.3) is 0 Å². The lowest BCUT2D eigenvalue weighted by atomic mass is 10.3. The lowest BCUT2D eigenvalue weighted by molar-refractivity contribution is -0.157. The number of fused-ring (bicyclic) bond motifs is 1. The summed E-state index contributed by atoms with van der Waals surface area (Å²) in [5, 5.41) is -0.620. The van der Waals surface area contributed by atoms with E-state index in [2.05, 4.69) is 4.74 Å². The molecule has 0 radical (unpaired) electrons. The highest BCUT2D eigenvalue weighted by molar-refractivity contribution is 6.65. The van der Waals surface area contributed by atoms with Crippen LogP contribution >= 0.6 is 11.6 Å². The van der Waals surface area contributed by atoms with E-state index < -0.39 is 34.9 Å². The zero-order valence-corrected chi connectivity index (χ0v) is 6.00. The number of cyclic esters (lactones) is 2. The number of carbonyl (C=O) groups excluding carboxylic acids is 3. The Labute approximate surface area is 66.5 Å². The highest BCUT2D eigenvalue weighted by Gasteiger charge is 2.69. The van der Waals surface area contributed by atoms with Crippen molar-refractivity contribution in [2.75, 3.05) is 0 Å². The number of carbonyl (C=O) groups is 3. The van der Waals surface area contributed by atoms with E-state index in [9.17, 15) is 14.4 Å². The van der Waals surface area contributed by atoms with Crippen molar-refractivity contribution >= 4 is 28.8 Å². The normalized spacial score (nSPS) is 39.9. The van der Waals surface area contributed by atoms with Crippen molar-refractivity contribution in [3.63, 3.8) is 0 Å². The summed E-state index contributed by atoms with van der Waals surface area (Å²) in [6, 6.07) is 0. The van der Waals surface area contributed by atoms with E-state index in [1.165, 1.54) is 0 Å². The summed E-state index contributed by atoms with van der Waals surface area (Å²) in [7, 11) is 0. The average Bonchev–Trinajstić information content (AvgIpc) is 2.53. The number of halogens is 1. The molecule has 1 aliphatic heterocycles. The highest BCUT2D eigenvalue weighted by Crippen LogP contribution is 2.53. The van der Waals surface area contributed by atoms with E-state index in [-0.39, 0.29) is 0 Å². The van der Waals surface area contributed by atoms with Gasteiger partial charge in [0.05, 0.1) is 17.8 Å². The van der Waals surface area contributed by atoms with Gasteiger partial charge in [-0.25, -0.2) is 0 Å². The van der Waals surface area contributed by atoms with Crippen LogP contribution in [0.3, 0.4) is 0 Å². The Morgan fingerprint density at radius 2 is 1.73 bits per heavy atom. The average molecular weight is 175 g/mol. The Balaban J connectivity index is 2.22. The standard InChI is InChI=1S/C6H3ClO4/c7-4(8)1-2-3(1)6(10)11-5(2)9/h1-3H/t2-,3-/m1/s1. The van der Waals surface area contributed by atoms with E-state index in [1.807, 2.05) is 0 Å². The summed E-state index contributed by atoms with van der Waals surface area (Å²) in [5.41, 5.74) is 0. The van der Waals surface area contributed by atoms with Crippen LogP contribution in [0.2, 0.25) is 0 Å². The minimum Gasteiger partial charge on any atom is -0.393 e. The molecule has 0 N–H and O–H groups in total. The van der Waals surface area contributed by atoms with Crippen molar-refractivity contribution in [2.45, 2.75) is 0 Å². The minimum absolute atomic E-state index is 0.576. The molecule has 0 spiro atoms. The summed E-state index contributed by atoms with van der Waals surface area (Å²) < 4.78 is 4.21. The zero-order valence-electron chi connectivity index (χ0n) is 5.24. The molecule has 0 amide bonds. The number of hydrogen-bond acceptors (Lipinski definition) is 4. The van der Waals surface area contributed by atoms with Crippen LogP contribution in [0.4, 0.5) is 0 Å². The number of ether oxygens (including phenoxy) is 1. The van der Waals surface area contributed by atoms with Gasteiger partial charge in [0.15, 0.2) is 0 Å². The minimum atomic E-state index is -0.620. The van der Waals surface area contributed by atoms with Gasteiger partial charge in [-0.3, -0.25) is 14.4 Å². The second-order valence-electron chi connectivity index (χ2n) is 2.62. The van der Waals surface area contributed by atoms with E-state index >= 15 is 0 Å². The Morgan fingerprint density at radius 3 is 2.00 bits per heavy atom. The fourth-order valence-electron chi connectivity index (χ4n) is 1.42. The maximum atomic E-state index is 10.7. The first kappa shape index (κ1) is 6.79. The Bertz CT molecular complexity index is 245. The maximum Gasteiger partial charge on any atom is 0.318 e. The van der Waals surface area contributed by atoms with Crippen molar-refractivity contribution < 1.29 is 19.1 Å². The molecule has 1 saturated heterocycles. The quantitative estimate of drug-likeness (QED) is 0.311. The van der Waals surface area contributed by atoms with Crippen molar-refractivity contribution in [2.24, 2.45) is 17.8 Å². The SMILES string of the molecule is O=C(Cl)C1[C@H]2C(=O)OC(=O)[C@H]12. The summed E-state index contributed by atoms with van der Waals surface area (Å²) in [6.45, 7) is 0. The summed E-state index contributed by atoms with van der Waals surface area (Å²) in [5.74, 6) is -2.98. The molecule has 0 unspecified atom stereocenters. The third kappa shape index (κ3) is 0.728. The molecule has 2 rings (SSSR count). The Morgan fingerprint density at radius 1 is 1.27 bits per heavy atom. The predicted octanol–water partition coefficient (Wildman–Crippen LogP) is -0.303. The van der Waals surface area contributed by atoms with Gasteiger partial charge in [-0.1, -0.05) is 0 Å². The first-order chi connectivity index (χ1) is 5.13. The van der Waals surface area contributed by atoms with Crippen LogP contribution in [0.1, 0.15) is 0 Å². The molecule has 2 fully saturated rings. The molecule has 1 heterocycles. The van der Waals surface area contributed by atoms with Gasteiger partial charge in [0.1, 0.15) is 0 Å². The molecule has 2 atom stereocenters. The molecule has 58 valence electrons. The third-order valence-corrected chi connectivity index (χ3v) is 2.28. The summed E-state index contributed by atoms with van der Waals surface area (Å²) >= 11 is 5.11. The van der Waals surface area contributed by atoms with E-state index in [0.29, 0.717) is 0 Å². The molecule has 2 aliphatic rings. The van der Waals surface area contributed by atoms with Gasteiger partial charge in [0, 0.05) is 0 Å². The van der Waals surface area contributed by atoms with Crippen LogP contribution in [-0.4, -0.2) is 17.2 Å². The molecule has 0 aromatic heterocycles. The fraction of sp³-hybridized carbons (Fsp3) is 0.500. The molecular weight excluding hydrogens is 172 g/mol. The van der Waals surface area contributed by atoms with Gasteiger partial charge in [-0.15, -0.1) is 0 Å². The topological polar surface area (TPSA) is 60.4 Å². The zero-order chi connectivity index (χ0) is 8.17. The maximum absolute atomic E-state index is 10.7. The van der Waals surface area contributed by atoms with E-state index in [0.717, 1.165) is 0 Å². The predicted molar refractivity (Wildman–Crippen MR) is 32.4 cm³/mol. The van der Waals surface area contributed by atoms with E-state index in [1.54, 1.807) is 0 Å². The molecule has 4 nitrogen and oxygen atoms in total. The van der Waals surface area contributed by atoms with Crippen LogP contribution in [0.5, 0.6) is 0 Å². The first-order valence-electron chi connectivity index (χ1n) is 3.08. The van der Waals surface area contributed by atoms with E-state index in [4.69, 9.17) is 11.6 Å². The third-order valence-electron chi connectivity index (χ3n) is 2.03. The second kappa shape index (κ2) is 1.82. The molecule has 1 saturated carbocycles. The number of hydrogen-bond donors (Lipinski definition) is 0. The van der Waals surface area contributed by atoms with Crippen molar-refractivity contribution in [3.05, 3.63) is 0 Å². The number of esters is 2. The van der Waals surface area contributed by atoms with Gasteiger partial charge in [0.2, 0.25) is 5.24 Å². The molecule has 5 heteroatoms. The molecule has 0 aromatic rings. The lowest BCUT2D eigenvalue weighted by Gasteiger charge is -1.95. The molecule has 0 bridgehead atoms. The monoisotopic (exact) mass is 174 g/mol. The van der Waals surface area contributed by atoms with Crippen LogP contribution in [-0.2, 0) is 19.1 Å². The van der Waals surface area contributed by atoms with Crippen LogP contribution in [0.15, 0.2) is 0 Å². The molecule has 1 aliphatic carbocycles. The van der Waals surface area contributed by atoms with Gasteiger partial charge in [-0.2, -0.15) is 0 Å². The van der Waals surface area contributed by atoms with Crippen molar-refractivity contribution in [3.8, 4) is 0 Å². The smallest absolute Gasteiger partial charge is 0.318 e. The number of rotatable bonds is 1. The summed E-state index contributed by atoms with van der Waals surface area (Å²) in [6.07, 6.45) is 0. The van der Waals surface area contributed by atoms with Gasteiger partial charge >= 0.3 is 11.9 Å². The largest absolute Gasteiger partial charge is 0.393 e. The van der Waals surface area contributed by atoms with Gasteiger partial charge in [-0.05, 0) is 11.6 Å². The Kier molecular flexibility index (Phi) is 1.12. The molecular formula is C6H3ClO4. The van der Waals surface area contributed by atoms with Crippen LogP contribution in [0, 0.1) is 17.8 Å². The van der Waals surface area contributed by atoms with Gasteiger partial charge in [0.25, 0.3) is 0 Å².